The normalized spacial score (nSPS) is 12.7. The van der Waals surface area contributed by atoms with Crippen molar-refractivity contribution < 1.29 is 28.6 Å². The summed E-state index contributed by atoms with van der Waals surface area (Å²) in [5, 5.41) is 0. The average Bonchev–Trinajstić information content (AvgIpc) is 3.33. The van der Waals surface area contributed by atoms with Crippen molar-refractivity contribution in [2.24, 2.45) is 0 Å². The molecule has 384 valence electrons. The van der Waals surface area contributed by atoms with Crippen LogP contribution in [0.15, 0.2) is 85.1 Å². The van der Waals surface area contributed by atoms with Crippen LogP contribution in [0.2, 0.25) is 0 Å². The molecule has 1 unspecified atom stereocenters. The van der Waals surface area contributed by atoms with Crippen LogP contribution in [-0.4, -0.2) is 37.2 Å². The minimum Gasteiger partial charge on any atom is -0.462 e. The van der Waals surface area contributed by atoms with Gasteiger partial charge in [0.25, 0.3) is 0 Å². The number of hydrogen-bond donors (Lipinski definition) is 0. The minimum absolute atomic E-state index is 0.0931. The molecule has 0 aromatic heterocycles. The van der Waals surface area contributed by atoms with Crippen molar-refractivity contribution in [3.63, 3.8) is 0 Å². The Labute approximate surface area is 414 Å². The molecule has 0 saturated heterocycles. The molecule has 6 heteroatoms. The van der Waals surface area contributed by atoms with Gasteiger partial charge in [-0.1, -0.05) is 266 Å². The summed E-state index contributed by atoms with van der Waals surface area (Å²) in [6.07, 6.45) is 71.4. The lowest BCUT2D eigenvalue weighted by Crippen LogP contribution is -2.30. The first-order valence-electron chi connectivity index (χ1n) is 28.2. The highest BCUT2D eigenvalue weighted by atomic mass is 16.6. The predicted molar refractivity (Wildman–Crippen MR) is 288 cm³/mol. The van der Waals surface area contributed by atoms with Crippen LogP contribution in [0.4, 0.5) is 0 Å². The van der Waals surface area contributed by atoms with Gasteiger partial charge in [-0.25, -0.2) is 0 Å². The third-order valence-corrected chi connectivity index (χ3v) is 12.0. The Bertz CT molecular complexity index is 1300. The number of unbranched alkanes of at least 4 members (excludes halogenated alkanes) is 30. The van der Waals surface area contributed by atoms with Gasteiger partial charge in [0.15, 0.2) is 6.10 Å². The molecular weight excluding hydrogens is 829 g/mol. The maximum atomic E-state index is 12.8. The molecule has 0 bridgehead atoms. The van der Waals surface area contributed by atoms with Gasteiger partial charge in [-0.05, 0) is 64.2 Å². The van der Waals surface area contributed by atoms with Crippen molar-refractivity contribution in [1.82, 2.24) is 0 Å². The van der Waals surface area contributed by atoms with E-state index in [2.05, 4.69) is 57.2 Å². The molecule has 0 N–H and O–H groups in total. The largest absolute Gasteiger partial charge is 0.462 e. The second kappa shape index (κ2) is 55.2. The highest BCUT2D eigenvalue weighted by molar-refractivity contribution is 5.71. The fourth-order valence-corrected chi connectivity index (χ4v) is 7.81. The lowest BCUT2D eigenvalue weighted by atomic mass is 10.0. The summed E-state index contributed by atoms with van der Waals surface area (Å²) in [6, 6.07) is 0. The number of rotatable bonds is 50. The molecule has 0 spiro atoms. The molecule has 0 aromatic carbocycles. The Kier molecular flexibility index (Phi) is 52.4. The highest BCUT2D eigenvalue weighted by Crippen LogP contribution is 2.16. The van der Waals surface area contributed by atoms with E-state index in [0.29, 0.717) is 19.3 Å². The fraction of sp³-hybridized carbons (Fsp3) is 0.721. The molecular formula is C61H104O6. The van der Waals surface area contributed by atoms with Gasteiger partial charge in [-0.3, -0.25) is 14.4 Å². The molecule has 0 aromatic rings. The van der Waals surface area contributed by atoms with E-state index < -0.39 is 6.10 Å². The maximum Gasteiger partial charge on any atom is 0.306 e. The van der Waals surface area contributed by atoms with Crippen molar-refractivity contribution in [2.75, 3.05) is 13.2 Å². The minimum atomic E-state index is -0.799. The molecule has 0 amide bonds. The molecule has 0 fully saturated rings. The van der Waals surface area contributed by atoms with Crippen LogP contribution in [0.1, 0.15) is 265 Å². The van der Waals surface area contributed by atoms with E-state index in [1.807, 2.05) is 48.6 Å². The van der Waals surface area contributed by atoms with Gasteiger partial charge in [0.1, 0.15) is 13.2 Å². The summed E-state index contributed by atoms with van der Waals surface area (Å²) in [6.45, 7) is 6.45. The second-order valence-electron chi connectivity index (χ2n) is 18.6. The molecule has 0 aliphatic heterocycles. The van der Waals surface area contributed by atoms with Crippen LogP contribution in [0.25, 0.3) is 0 Å². The summed E-state index contributed by atoms with van der Waals surface area (Å²) in [5.41, 5.74) is 0. The van der Waals surface area contributed by atoms with Gasteiger partial charge in [-0.15, -0.1) is 0 Å². The van der Waals surface area contributed by atoms with Crippen molar-refractivity contribution in [1.29, 1.82) is 0 Å². The molecule has 67 heavy (non-hydrogen) atoms. The second-order valence-corrected chi connectivity index (χ2v) is 18.6. The van der Waals surface area contributed by atoms with Crippen molar-refractivity contribution in [3.8, 4) is 0 Å². The van der Waals surface area contributed by atoms with Gasteiger partial charge >= 0.3 is 17.9 Å². The van der Waals surface area contributed by atoms with E-state index in [-0.39, 0.29) is 37.5 Å². The Morgan fingerprint density at radius 2 is 0.582 bits per heavy atom. The molecule has 0 saturated carbocycles. The van der Waals surface area contributed by atoms with E-state index in [0.717, 1.165) is 64.2 Å². The van der Waals surface area contributed by atoms with Gasteiger partial charge < -0.3 is 14.2 Å². The topological polar surface area (TPSA) is 78.9 Å². The zero-order valence-corrected chi connectivity index (χ0v) is 43.9. The van der Waals surface area contributed by atoms with Crippen molar-refractivity contribution in [2.45, 2.75) is 271 Å². The van der Waals surface area contributed by atoms with Gasteiger partial charge in [0.2, 0.25) is 0 Å². The molecule has 6 nitrogen and oxygen atoms in total. The monoisotopic (exact) mass is 933 g/mol. The van der Waals surface area contributed by atoms with Crippen LogP contribution in [0.5, 0.6) is 0 Å². The smallest absolute Gasteiger partial charge is 0.306 e. The fourth-order valence-electron chi connectivity index (χ4n) is 7.81. The number of carbonyl (C=O) groups excluding carboxylic acids is 3. The Morgan fingerprint density at radius 3 is 0.970 bits per heavy atom. The van der Waals surface area contributed by atoms with E-state index >= 15 is 0 Å². The summed E-state index contributed by atoms with van der Waals surface area (Å²) in [7, 11) is 0. The molecule has 0 heterocycles. The number of ether oxygens (including phenoxy) is 3. The third kappa shape index (κ3) is 53.4. The van der Waals surface area contributed by atoms with Crippen LogP contribution in [0, 0.1) is 0 Å². The summed E-state index contributed by atoms with van der Waals surface area (Å²) in [4.78, 5) is 38.1. The zero-order chi connectivity index (χ0) is 48.6. The Balaban J connectivity index is 4.42. The van der Waals surface area contributed by atoms with Crippen LogP contribution in [0.3, 0.4) is 0 Å². The first-order chi connectivity index (χ1) is 33.0. The lowest BCUT2D eigenvalue weighted by Gasteiger charge is -2.18. The Morgan fingerprint density at radius 1 is 0.313 bits per heavy atom. The van der Waals surface area contributed by atoms with Crippen molar-refractivity contribution in [3.05, 3.63) is 85.1 Å². The summed E-state index contributed by atoms with van der Waals surface area (Å²) >= 11 is 0. The molecule has 0 aliphatic carbocycles. The van der Waals surface area contributed by atoms with Gasteiger partial charge in [-0.2, -0.15) is 0 Å². The van der Waals surface area contributed by atoms with Crippen molar-refractivity contribution >= 4 is 17.9 Å². The maximum absolute atomic E-state index is 12.8. The lowest BCUT2D eigenvalue weighted by molar-refractivity contribution is -0.167. The number of carbonyl (C=O) groups is 3. The van der Waals surface area contributed by atoms with E-state index in [9.17, 15) is 14.4 Å². The van der Waals surface area contributed by atoms with Gasteiger partial charge in [0, 0.05) is 19.3 Å². The van der Waals surface area contributed by atoms with Crippen LogP contribution in [-0.2, 0) is 28.6 Å². The number of allylic oxidation sites excluding steroid dienone is 14. The highest BCUT2D eigenvalue weighted by Gasteiger charge is 2.19. The summed E-state index contributed by atoms with van der Waals surface area (Å²) < 4.78 is 16.8. The van der Waals surface area contributed by atoms with Gasteiger partial charge in [0.05, 0.1) is 0 Å². The first-order valence-corrected chi connectivity index (χ1v) is 28.2. The predicted octanol–water partition coefficient (Wildman–Crippen LogP) is 18.8. The van der Waals surface area contributed by atoms with E-state index in [4.69, 9.17) is 14.2 Å². The molecule has 0 rings (SSSR count). The standard InChI is InChI=1S/C61H104O6/c1-4-7-10-13-16-19-22-25-28-29-30-31-34-36-39-42-45-48-51-54-60(63)66-57-58(67-61(64)55-52-49-46-43-40-37-33-27-24-21-18-15-12-9-6-3)56-65-59(62)53-50-47-44-41-38-35-32-26-23-20-17-14-11-8-5-2/h9,12,15-16,18-19,21-22,24-25,27,33,37,40,58H,4-8,10-11,13-14,17,20,23,26,28-32,34-36,38-39,41-57H2,1-3H3/b12-9-,18-15-,19-16-,24-21-,25-22-,33-27-,40-37-. The SMILES string of the molecule is CC\C=C/C=C\C=C/C=C\C=C/CCCCCC(=O)OC(COC(=O)CCCCCCCCCCCC/C=C\C=C/CCCCC)COC(=O)CCCCCCCCCCCCCCCCC. The van der Waals surface area contributed by atoms with E-state index in [1.165, 1.54) is 154 Å². The van der Waals surface area contributed by atoms with Crippen LogP contribution < -0.4 is 0 Å². The zero-order valence-electron chi connectivity index (χ0n) is 43.9. The number of esters is 3. The Hall–Kier alpha value is -3.41. The average molecular weight is 933 g/mol. The van der Waals surface area contributed by atoms with E-state index in [1.54, 1.807) is 0 Å². The molecule has 0 radical (unpaired) electrons. The molecule has 0 aliphatic rings. The summed E-state index contributed by atoms with van der Waals surface area (Å²) in [5.74, 6) is -0.932. The number of hydrogen-bond acceptors (Lipinski definition) is 6. The van der Waals surface area contributed by atoms with Crippen LogP contribution >= 0.6 is 0 Å². The molecule has 1 atom stereocenters. The first kappa shape index (κ1) is 63.6. The third-order valence-electron chi connectivity index (χ3n) is 12.0. The quantitative estimate of drug-likeness (QED) is 0.0262.